The molecule has 2 rings (SSSR count). The maximum atomic E-state index is 13.5. The Bertz CT molecular complexity index is 425. The van der Waals surface area contributed by atoms with Crippen LogP contribution in [0.4, 0.5) is 8.78 Å². The highest BCUT2D eigenvalue weighted by atomic mass is 19.1. The van der Waals surface area contributed by atoms with Crippen molar-refractivity contribution in [3.63, 3.8) is 0 Å². The van der Waals surface area contributed by atoms with Crippen LogP contribution in [0.25, 0.3) is 0 Å². The van der Waals surface area contributed by atoms with Crippen LogP contribution >= 0.6 is 0 Å². The predicted octanol–water partition coefficient (Wildman–Crippen LogP) is 3.26. The second-order valence-corrected chi connectivity index (χ2v) is 5.35. The van der Waals surface area contributed by atoms with Gasteiger partial charge in [-0.15, -0.1) is 0 Å². The number of benzene rings is 1. The van der Waals surface area contributed by atoms with Crippen molar-refractivity contribution in [3.05, 3.63) is 35.4 Å². The van der Waals surface area contributed by atoms with Crippen molar-refractivity contribution in [2.75, 3.05) is 13.1 Å². The Morgan fingerprint density at radius 1 is 1.37 bits per heavy atom. The van der Waals surface area contributed by atoms with Crippen LogP contribution in [0, 0.1) is 11.6 Å². The van der Waals surface area contributed by atoms with E-state index in [-0.39, 0.29) is 5.56 Å². The quantitative estimate of drug-likeness (QED) is 0.907. The molecule has 0 aromatic heterocycles. The minimum Gasteiger partial charge on any atom is -0.388 e. The van der Waals surface area contributed by atoms with Gasteiger partial charge in [0.2, 0.25) is 0 Å². The van der Waals surface area contributed by atoms with E-state index >= 15 is 0 Å². The molecule has 1 aromatic rings. The van der Waals surface area contributed by atoms with Crippen molar-refractivity contribution in [1.29, 1.82) is 0 Å². The molecule has 2 atom stereocenters. The molecule has 1 fully saturated rings. The van der Waals surface area contributed by atoms with Gasteiger partial charge in [-0.3, -0.25) is 0 Å². The van der Waals surface area contributed by atoms with Gasteiger partial charge in [0.15, 0.2) is 0 Å². The van der Waals surface area contributed by atoms with Gasteiger partial charge >= 0.3 is 0 Å². The van der Waals surface area contributed by atoms with Crippen LogP contribution in [-0.4, -0.2) is 29.1 Å². The fourth-order valence-corrected chi connectivity index (χ4v) is 2.70. The van der Waals surface area contributed by atoms with Crippen molar-refractivity contribution in [2.45, 2.75) is 44.8 Å². The molecule has 0 aliphatic carbocycles. The van der Waals surface area contributed by atoms with Gasteiger partial charge in [-0.25, -0.2) is 8.78 Å². The van der Waals surface area contributed by atoms with E-state index in [9.17, 15) is 13.9 Å². The first-order valence-corrected chi connectivity index (χ1v) is 6.95. The molecular formula is C15H21F2NO. The van der Waals surface area contributed by atoms with E-state index in [2.05, 4.69) is 11.8 Å². The molecule has 0 amide bonds. The third kappa shape index (κ3) is 3.74. The topological polar surface area (TPSA) is 23.5 Å². The Kier molecular flexibility index (Phi) is 4.88. The van der Waals surface area contributed by atoms with E-state index < -0.39 is 17.7 Å². The van der Waals surface area contributed by atoms with Crippen LogP contribution in [0.2, 0.25) is 0 Å². The second kappa shape index (κ2) is 6.44. The van der Waals surface area contributed by atoms with Crippen molar-refractivity contribution < 1.29 is 13.9 Å². The molecule has 2 nitrogen and oxygen atoms in total. The molecule has 106 valence electrons. The zero-order valence-electron chi connectivity index (χ0n) is 11.3. The molecule has 1 aromatic carbocycles. The summed E-state index contributed by atoms with van der Waals surface area (Å²) < 4.78 is 26.6. The number of aliphatic hydroxyl groups is 1. The summed E-state index contributed by atoms with van der Waals surface area (Å²) in [7, 11) is 0. The standard InChI is InChI=1S/C15H21F2NO/c1-11-4-2-3-8-18(11)9-7-15(19)13-10-12(16)5-6-14(13)17/h5-6,10-11,15,19H,2-4,7-9H2,1H3. The normalized spacial score (nSPS) is 22.4. The van der Waals surface area contributed by atoms with Crippen LogP contribution in [0.15, 0.2) is 18.2 Å². The van der Waals surface area contributed by atoms with Crippen molar-refractivity contribution >= 4 is 0 Å². The van der Waals surface area contributed by atoms with Crippen molar-refractivity contribution in [2.24, 2.45) is 0 Å². The number of hydrogen-bond donors (Lipinski definition) is 1. The maximum Gasteiger partial charge on any atom is 0.129 e. The Labute approximate surface area is 113 Å². The lowest BCUT2D eigenvalue weighted by atomic mass is 10.0. The van der Waals surface area contributed by atoms with E-state index in [0.717, 1.165) is 31.3 Å². The molecule has 1 saturated heterocycles. The highest BCUT2D eigenvalue weighted by molar-refractivity contribution is 5.21. The molecule has 0 spiro atoms. The first-order valence-electron chi connectivity index (χ1n) is 6.95. The summed E-state index contributed by atoms with van der Waals surface area (Å²) in [6.07, 6.45) is 3.09. The fraction of sp³-hybridized carbons (Fsp3) is 0.600. The molecule has 1 aliphatic heterocycles. The van der Waals surface area contributed by atoms with E-state index in [1.165, 1.54) is 19.3 Å². The molecule has 0 radical (unpaired) electrons. The van der Waals surface area contributed by atoms with Crippen LogP contribution in [0.5, 0.6) is 0 Å². The van der Waals surface area contributed by atoms with Gasteiger partial charge in [0.25, 0.3) is 0 Å². The number of aliphatic hydroxyl groups excluding tert-OH is 1. The molecule has 2 unspecified atom stereocenters. The minimum atomic E-state index is -0.940. The first-order chi connectivity index (χ1) is 9.08. The smallest absolute Gasteiger partial charge is 0.129 e. The van der Waals surface area contributed by atoms with Crippen LogP contribution in [-0.2, 0) is 0 Å². The monoisotopic (exact) mass is 269 g/mol. The second-order valence-electron chi connectivity index (χ2n) is 5.35. The highest BCUT2D eigenvalue weighted by Gasteiger charge is 2.20. The lowest BCUT2D eigenvalue weighted by molar-refractivity contribution is 0.107. The number of halogens is 2. The van der Waals surface area contributed by atoms with Gasteiger partial charge in [0.05, 0.1) is 6.10 Å². The maximum absolute atomic E-state index is 13.5. The molecule has 0 bridgehead atoms. The minimum absolute atomic E-state index is 0.0599. The van der Waals surface area contributed by atoms with Crippen molar-refractivity contribution in [1.82, 2.24) is 4.90 Å². The largest absolute Gasteiger partial charge is 0.388 e. The Hall–Kier alpha value is -1.00. The van der Waals surface area contributed by atoms with Gasteiger partial charge in [0, 0.05) is 18.2 Å². The molecule has 1 N–H and O–H groups in total. The van der Waals surface area contributed by atoms with Crippen LogP contribution in [0.3, 0.4) is 0 Å². The summed E-state index contributed by atoms with van der Waals surface area (Å²) >= 11 is 0. The molecule has 1 heterocycles. The molecule has 0 saturated carbocycles. The Balaban J connectivity index is 1.93. The van der Waals surface area contributed by atoms with Crippen LogP contribution < -0.4 is 0 Å². The van der Waals surface area contributed by atoms with Gasteiger partial charge in [-0.1, -0.05) is 6.42 Å². The number of rotatable bonds is 4. The number of piperidine rings is 1. The highest BCUT2D eigenvalue weighted by Crippen LogP contribution is 2.23. The van der Waals surface area contributed by atoms with Gasteiger partial charge in [-0.05, 0) is 50.9 Å². The molecular weight excluding hydrogens is 248 g/mol. The number of hydrogen-bond acceptors (Lipinski definition) is 2. The van der Waals surface area contributed by atoms with Gasteiger partial charge < -0.3 is 10.0 Å². The average molecular weight is 269 g/mol. The van der Waals surface area contributed by atoms with E-state index in [0.29, 0.717) is 12.5 Å². The third-order valence-electron chi connectivity index (χ3n) is 3.95. The van der Waals surface area contributed by atoms with Gasteiger partial charge in [0.1, 0.15) is 11.6 Å². The molecule has 1 aliphatic rings. The Morgan fingerprint density at radius 3 is 2.89 bits per heavy atom. The van der Waals surface area contributed by atoms with Crippen molar-refractivity contribution in [3.8, 4) is 0 Å². The zero-order chi connectivity index (χ0) is 13.8. The summed E-state index contributed by atoms with van der Waals surface area (Å²) in [6.45, 7) is 3.92. The summed E-state index contributed by atoms with van der Waals surface area (Å²) in [4.78, 5) is 2.31. The fourth-order valence-electron chi connectivity index (χ4n) is 2.70. The number of nitrogens with zero attached hydrogens (tertiary/aromatic N) is 1. The molecule has 19 heavy (non-hydrogen) atoms. The summed E-state index contributed by atoms with van der Waals surface area (Å²) in [5.41, 5.74) is 0.0599. The SMILES string of the molecule is CC1CCCCN1CCC(O)c1cc(F)ccc1F. The first kappa shape index (κ1) is 14.4. The Morgan fingerprint density at radius 2 is 2.16 bits per heavy atom. The lowest BCUT2D eigenvalue weighted by Crippen LogP contribution is -2.38. The lowest BCUT2D eigenvalue weighted by Gasteiger charge is -2.33. The number of likely N-dealkylation sites (tertiary alicyclic amines) is 1. The zero-order valence-corrected chi connectivity index (χ0v) is 11.3. The third-order valence-corrected chi connectivity index (χ3v) is 3.95. The van der Waals surface area contributed by atoms with E-state index in [1.54, 1.807) is 0 Å². The van der Waals surface area contributed by atoms with E-state index in [4.69, 9.17) is 0 Å². The van der Waals surface area contributed by atoms with Gasteiger partial charge in [-0.2, -0.15) is 0 Å². The summed E-state index contributed by atoms with van der Waals surface area (Å²) in [5.74, 6) is -1.05. The summed E-state index contributed by atoms with van der Waals surface area (Å²) in [5, 5.41) is 10.0. The molecule has 4 heteroatoms. The van der Waals surface area contributed by atoms with E-state index in [1.807, 2.05) is 0 Å². The average Bonchev–Trinajstić information content (AvgIpc) is 2.40. The predicted molar refractivity (Wildman–Crippen MR) is 70.8 cm³/mol. The van der Waals surface area contributed by atoms with Crippen LogP contribution in [0.1, 0.15) is 44.3 Å². The summed E-state index contributed by atoms with van der Waals surface area (Å²) in [6, 6.07) is 3.73.